The molecule has 0 N–H and O–H groups in total. The van der Waals surface area contributed by atoms with E-state index in [1.807, 2.05) is 19.9 Å². The summed E-state index contributed by atoms with van der Waals surface area (Å²) in [5.41, 5.74) is 2.31. The monoisotopic (exact) mass is 395 g/mol. The molecular weight excluding hydrogens is 373 g/mol. The lowest BCUT2D eigenvalue weighted by Crippen LogP contribution is -2.31. The maximum atomic E-state index is 14.7. The van der Waals surface area contributed by atoms with Gasteiger partial charge in [-0.3, -0.25) is 9.59 Å². The van der Waals surface area contributed by atoms with Crippen molar-refractivity contribution in [3.63, 3.8) is 0 Å². The molecule has 150 valence electrons. The summed E-state index contributed by atoms with van der Waals surface area (Å²) in [6, 6.07) is 9.06. The number of carbonyl (C=O) groups is 1. The number of nitrogens with zero attached hydrogens (tertiary/aromatic N) is 1. The van der Waals surface area contributed by atoms with E-state index in [0.717, 1.165) is 11.1 Å². The van der Waals surface area contributed by atoms with E-state index < -0.39 is 17.8 Å². The van der Waals surface area contributed by atoms with Crippen molar-refractivity contribution in [2.24, 2.45) is 0 Å². The van der Waals surface area contributed by atoms with Crippen molar-refractivity contribution in [3.05, 3.63) is 80.5 Å². The number of ether oxygens (including phenoxy) is 1. The van der Waals surface area contributed by atoms with Gasteiger partial charge < -0.3 is 14.1 Å². The number of hydrogen-bond donors (Lipinski definition) is 0. The fourth-order valence-corrected chi connectivity index (χ4v) is 4.10. The molecule has 1 atom stereocenters. The standard InChI is InChI=1S/C23H22FNO4/c1-13-11-14(2)21-16(12-13)20(26)18-19(15-7-4-5-8-17(15)24)25(9-6-10-28-3)23(27)22(18)29-21/h4-5,7-8,11-12,19H,6,9-10H2,1-3H3. The van der Waals surface area contributed by atoms with Crippen LogP contribution in [0.5, 0.6) is 0 Å². The summed E-state index contributed by atoms with van der Waals surface area (Å²) >= 11 is 0. The van der Waals surface area contributed by atoms with Gasteiger partial charge in [-0.05, 0) is 43.5 Å². The number of methoxy groups -OCH3 is 1. The molecule has 0 fully saturated rings. The summed E-state index contributed by atoms with van der Waals surface area (Å²) in [4.78, 5) is 28.2. The van der Waals surface area contributed by atoms with Crippen molar-refractivity contribution in [2.45, 2.75) is 26.3 Å². The SMILES string of the molecule is COCCCN1C(=O)c2oc3c(C)cc(C)cc3c(=O)c2C1c1ccccc1F. The predicted molar refractivity (Wildman–Crippen MR) is 108 cm³/mol. The van der Waals surface area contributed by atoms with Crippen LogP contribution in [0.4, 0.5) is 4.39 Å². The zero-order valence-electron chi connectivity index (χ0n) is 16.6. The second kappa shape index (κ2) is 7.44. The van der Waals surface area contributed by atoms with Crippen LogP contribution in [0.3, 0.4) is 0 Å². The lowest BCUT2D eigenvalue weighted by molar-refractivity contribution is 0.0706. The fraction of sp³-hybridized carbons (Fsp3) is 0.304. The molecule has 1 aliphatic rings. The minimum atomic E-state index is -0.822. The second-order valence-corrected chi connectivity index (χ2v) is 7.40. The van der Waals surface area contributed by atoms with Gasteiger partial charge in [0.1, 0.15) is 11.4 Å². The molecule has 0 radical (unpaired) electrons. The Labute approximate surface area is 167 Å². The molecule has 3 aromatic rings. The first-order valence-electron chi connectivity index (χ1n) is 9.56. The molecule has 2 heterocycles. The largest absolute Gasteiger partial charge is 0.450 e. The van der Waals surface area contributed by atoms with Gasteiger partial charge in [-0.1, -0.05) is 24.3 Å². The molecule has 1 aromatic heterocycles. The molecule has 0 saturated heterocycles. The van der Waals surface area contributed by atoms with Gasteiger partial charge in [0.2, 0.25) is 5.76 Å². The highest BCUT2D eigenvalue weighted by atomic mass is 19.1. The van der Waals surface area contributed by atoms with E-state index in [1.165, 1.54) is 11.0 Å². The van der Waals surface area contributed by atoms with Gasteiger partial charge in [0.25, 0.3) is 5.91 Å². The third-order valence-corrected chi connectivity index (χ3v) is 5.34. The fourth-order valence-electron chi connectivity index (χ4n) is 4.10. The van der Waals surface area contributed by atoms with Crippen LogP contribution in [0.15, 0.2) is 45.6 Å². The van der Waals surface area contributed by atoms with Crippen LogP contribution in [0.1, 0.15) is 45.3 Å². The molecule has 2 aromatic carbocycles. The predicted octanol–water partition coefficient (Wildman–Crippen LogP) is 4.13. The van der Waals surface area contributed by atoms with E-state index in [4.69, 9.17) is 9.15 Å². The van der Waals surface area contributed by atoms with Crippen molar-refractivity contribution in [2.75, 3.05) is 20.3 Å². The Balaban J connectivity index is 1.98. The second-order valence-electron chi connectivity index (χ2n) is 7.40. The highest BCUT2D eigenvalue weighted by Gasteiger charge is 2.43. The van der Waals surface area contributed by atoms with Crippen LogP contribution in [0.25, 0.3) is 11.0 Å². The van der Waals surface area contributed by atoms with Gasteiger partial charge in [0.05, 0.1) is 17.0 Å². The van der Waals surface area contributed by atoms with E-state index in [2.05, 4.69) is 0 Å². The van der Waals surface area contributed by atoms with Gasteiger partial charge in [0.15, 0.2) is 5.43 Å². The highest BCUT2D eigenvalue weighted by Crippen LogP contribution is 2.39. The third kappa shape index (κ3) is 3.13. The van der Waals surface area contributed by atoms with Gasteiger partial charge in [-0.2, -0.15) is 0 Å². The van der Waals surface area contributed by atoms with Crippen molar-refractivity contribution in [1.29, 1.82) is 0 Å². The molecule has 1 aliphatic heterocycles. The number of aryl methyl sites for hydroxylation is 2. The zero-order chi connectivity index (χ0) is 20.7. The Bertz CT molecular complexity index is 1170. The van der Waals surface area contributed by atoms with E-state index in [9.17, 15) is 14.0 Å². The number of amides is 1. The Kier molecular flexibility index (Phi) is 4.96. The topological polar surface area (TPSA) is 59.8 Å². The summed E-state index contributed by atoms with van der Waals surface area (Å²) in [5.74, 6) is -0.863. The van der Waals surface area contributed by atoms with Gasteiger partial charge in [0, 0.05) is 25.8 Å². The first-order valence-corrected chi connectivity index (χ1v) is 9.56. The van der Waals surface area contributed by atoms with Crippen molar-refractivity contribution >= 4 is 16.9 Å². The van der Waals surface area contributed by atoms with Crippen LogP contribution in [-0.2, 0) is 4.74 Å². The Morgan fingerprint density at radius 3 is 2.66 bits per heavy atom. The minimum absolute atomic E-state index is 0.000114. The first-order chi connectivity index (χ1) is 13.9. The number of fused-ring (bicyclic) bond motifs is 2. The van der Waals surface area contributed by atoms with Crippen LogP contribution in [0.2, 0.25) is 0 Å². The van der Waals surface area contributed by atoms with Crippen molar-refractivity contribution in [3.8, 4) is 0 Å². The van der Waals surface area contributed by atoms with E-state index in [1.54, 1.807) is 31.4 Å². The molecule has 6 heteroatoms. The maximum Gasteiger partial charge on any atom is 0.290 e. The number of benzene rings is 2. The van der Waals surface area contributed by atoms with Crippen LogP contribution in [0, 0.1) is 19.7 Å². The van der Waals surface area contributed by atoms with Gasteiger partial charge in [-0.15, -0.1) is 0 Å². The zero-order valence-corrected chi connectivity index (χ0v) is 16.6. The van der Waals surface area contributed by atoms with E-state index in [0.29, 0.717) is 30.5 Å². The molecule has 5 nitrogen and oxygen atoms in total. The van der Waals surface area contributed by atoms with Gasteiger partial charge >= 0.3 is 0 Å². The van der Waals surface area contributed by atoms with Gasteiger partial charge in [-0.25, -0.2) is 4.39 Å². The lowest BCUT2D eigenvalue weighted by atomic mass is 9.97. The average Bonchev–Trinajstić information content (AvgIpc) is 2.96. The van der Waals surface area contributed by atoms with Crippen LogP contribution in [-0.4, -0.2) is 31.1 Å². The molecule has 1 unspecified atom stereocenters. The molecular formula is C23H22FNO4. The molecule has 29 heavy (non-hydrogen) atoms. The lowest BCUT2D eigenvalue weighted by Gasteiger charge is -2.25. The number of carbonyl (C=O) groups excluding carboxylic acids is 1. The molecule has 0 bridgehead atoms. The number of hydrogen-bond acceptors (Lipinski definition) is 4. The van der Waals surface area contributed by atoms with Crippen molar-refractivity contribution in [1.82, 2.24) is 4.90 Å². The van der Waals surface area contributed by atoms with Crippen LogP contribution < -0.4 is 5.43 Å². The Morgan fingerprint density at radius 1 is 1.17 bits per heavy atom. The maximum absolute atomic E-state index is 14.7. The normalized spacial score (nSPS) is 15.9. The molecule has 0 aliphatic carbocycles. The third-order valence-electron chi connectivity index (χ3n) is 5.34. The number of halogens is 1. The van der Waals surface area contributed by atoms with Crippen LogP contribution >= 0.6 is 0 Å². The summed E-state index contributed by atoms with van der Waals surface area (Å²) in [6.07, 6.45) is 0.563. The molecule has 0 saturated carbocycles. The Hall–Kier alpha value is -2.99. The summed E-state index contributed by atoms with van der Waals surface area (Å²) in [7, 11) is 1.58. The minimum Gasteiger partial charge on any atom is -0.450 e. The summed E-state index contributed by atoms with van der Waals surface area (Å²) in [5, 5.41) is 0.411. The quantitative estimate of drug-likeness (QED) is 0.610. The smallest absolute Gasteiger partial charge is 0.290 e. The number of rotatable bonds is 5. The van der Waals surface area contributed by atoms with E-state index >= 15 is 0 Å². The summed E-state index contributed by atoms with van der Waals surface area (Å²) < 4.78 is 25.8. The molecule has 0 spiro atoms. The molecule has 4 rings (SSSR count). The first kappa shape index (κ1) is 19.3. The Morgan fingerprint density at radius 2 is 1.93 bits per heavy atom. The van der Waals surface area contributed by atoms with E-state index in [-0.39, 0.29) is 22.3 Å². The summed E-state index contributed by atoms with van der Waals surface area (Å²) in [6.45, 7) is 4.51. The average molecular weight is 395 g/mol. The molecule has 1 amide bonds. The van der Waals surface area contributed by atoms with Crippen molar-refractivity contribution < 1.29 is 18.3 Å². The highest BCUT2D eigenvalue weighted by molar-refractivity contribution is 5.99.